The zero-order valence-corrected chi connectivity index (χ0v) is 16.5. The number of carbonyl (C=O) groups is 4. The largest absolute Gasteiger partial charge is 0.456 e. The number of carbonyl (C=O) groups excluding carboxylic acids is 4. The molecule has 0 radical (unpaired) electrons. The van der Waals surface area contributed by atoms with E-state index in [0.717, 1.165) is 0 Å². The highest BCUT2D eigenvalue weighted by Crippen LogP contribution is 2.17. The van der Waals surface area contributed by atoms with Crippen LogP contribution in [0.5, 0.6) is 0 Å². The number of nitrogens with one attached hydrogen (secondary N) is 3. The SMILES string of the molecule is CC(=O)Nc1ccc(NC(=O)COC(=O)CCC(=O)Nc2cccc([N+](=O)[O-])c2)cc1. The van der Waals surface area contributed by atoms with Crippen LogP contribution in [0.3, 0.4) is 0 Å². The van der Waals surface area contributed by atoms with Crippen molar-refractivity contribution in [2.75, 3.05) is 22.6 Å². The van der Waals surface area contributed by atoms with Gasteiger partial charge in [-0.05, 0) is 30.3 Å². The zero-order chi connectivity index (χ0) is 22.8. The van der Waals surface area contributed by atoms with Gasteiger partial charge in [-0.1, -0.05) is 6.07 Å². The molecule has 0 aliphatic carbocycles. The van der Waals surface area contributed by atoms with Gasteiger partial charge in [-0.3, -0.25) is 29.3 Å². The van der Waals surface area contributed by atoms with Gasteiger partial charge in [-0.15, -0.1) is 0 Å². The van der Waals surface area contributed by atoms with Gasteiger partial charge in [0.25, 0.3) is 11.6 Å². The summed E-state index contributed by atoms with van der Waals surface area (Å²) in [6.45, 7) is 0.847. The summed E-state index contributed by atoms with van der Waals surface area (Å²) in [5, 5.41) is 18.3. The van der Waals surface area contributed by atoms with Crippen molar-refractivity contribution in [1.82, 2.24) is 0 Å². The van der Waals surface area contributed by atoms with Gasteiger partial charge in [-0.2, -0.15) is 0 Å². The minimum absolute atomic E-state index is 0.173. The Bertz CT molecular complexity index is 989. The molecule has 0 unspecified atom stereocenters. The lowest BCUT2D eigenvalue weighted by atomic mass is 10.2. The molecular formula is C20H20N4O7. The number of nitro benzene ring substituents is 1. The third-order valence-electron chi connectivity index (χ3n) is 3.75. The highest BCUT2D eigenvalue weighted by molar-refractivity contribution is 5.95. The Labute approximate surface area is 176 Å². The molecule has 3 amide bonds. The van der Waals surface area contributed by atoms with Crippen LogP contribution in [0, 0.1) is 10.1 Å². The summed E-state index contributed by atoms with van der Waals surface area (Å²) in [5.41, 5.74) is 1.08. The maximum atomic E-state index is 11.9. The Balaban J connectivity index is 1.70. The second kappa shape index (κ2) is 11.0. The number of non-ortho nitro benzene ring substituents is 1. The molecule has 0 aliphatic heterocycles. The summed E-state index contributed by atoms with van der Waals surface area (Å²) in [5.74, 6) is -2.06. The van der Waals surface area contributed by atoms with E-state index in [4.69, 9.17) is 4.74 Å². The predicted molar refractivity (Wildman–Crippen MR) is 111 cm³/mol. The maximum Gasteiger partial charge on any atom is 0.306 e. The minimum Gasteiger partial charge on any atom is -0.456 e. The lowest BCUT2D eigenvalue weighted by Crippen LogP contribution is -2.21. The number of nitro groups is 1. The normalized spacial score (nSPS) is 9.97. The Hall–Kier alpha value is -4.28. The van der Waals surface area contributed by atoms with Gasteiger partial charge in [-0.25, -0.2) is 0 Å². The van der Waals surface area contributed by atoms with E-state index in [0.29, 0.717) is 11.4 Å². The summed E-state index contributed by atoms with van der Waals surface area (Å²) < 4.78 is 4.83. The smallest absolute Gasteiger partial charge is 0.306 e. The Morgan fingerprint density at radius 3 is 2.10 bits per heavy atom. The van der Waals surface area contributed by atoms with Crippen LogP contribution in [0.25, 0.3) is 0 Å². The highest BCUT2D eigenvalue weighted by Gasteiger charge is 2.12. The number of rotatable bonds is 9. The van der Waals surface area contributed by atoms with E-state index in [1.165, 1.54) is 31.2 Å². The van der Waals surface area contributed by atoms with Gasteiger partial charge in [0, 0.05) is 42.5 Å². The summed E-state index contributed by atoms with van der Waals surface area (Å²) in [6, 6.07) is 11.7. The monoisotopic (exact) mass is 428 g/mol. The fourth-order valence-corrected chi connectivity index (χ4v) is 2.39. The molecule has 162 valence electrons. The van der Waals surface area contributed by atoms with E-state index in [1.54, 1.807) is 24.3 Å². The van der Waals surface area contributed by atoms with Crippen LogP contribution in [-0.4, -0.2) is 35.2 Å². The topological polar surface area (TPSA) is 157 Å². The Kier molecular flexibility index (Phi) is 8.20. The first-order chi connectivity index (χ1) is 14.7. The van der Waals surface area contributed by atoms with Gasteiger partial charge in [0.1, 0.15) is 0 Å². The van der Waals surface area contributed by atoms with E-state index in [9.17, 15) is 29.3 Å². The van der Waals surface area contributed by atoms with Crippen molar-refractivity contribution in [1.29, 1.82) is 0 Å². The van der Waals surface area contributed by atoms with Gasteiger partial charge >= 0.3 is 5.97 Å². The molecule has 3 N–H and O–H groups in total. The number of ether oxygens (including phenoxy) is 1. The number of anilines is 3. The van der Waals surface area contributed by atoms with Crippen molar-refractivity contribution in [3.63, 3.8) is 0 Å². The van der Waals surface area contributed by atoms with Crippen LogP contribution in [0.15, 0.2) is 48.5 Å². The fraction of sp³-hybridized carbons (Fsp3) is 0.200. The molecule has 0 heterocycles. The summed E-state index contributed by atoms with van der Waals surface area (Å²) in [7, 11) is 0. The Morgan fingerprint density at radius 1 is 0.871 bits per heavy atom. The van der Waals surface area contributed by atoms with Gasteiger partial charge < -0.3 is 20.7 Å². The van der Waals surface area contributed by atoms with E-state index in [-0.39, 0.29) is 30.1 Å². The minimum atomic E-state index is -0.745. The Morgan fingerprint density at radius 2 is 1.48 bits per heavy atom. The summed E-state index contributed by atoms with van der Waals surface area (Å²) in [4.78, 5) is 56.6. The van der Waals surface area contributed by atoms with Crippen LogP contribution >= 0.6 is 0 Å². The van der Waals surface area contributed by atoms with Crippen LogP contribution < -0.4 is 16.0 Å². The van der Waals surface area contributed by atoms with Crippen LogP contribution in [-0.2, 0) is 23.9 Å². The van der Waals surface area contributed by atoms with Crippen LogP contribution in [0.2, 0.25) is 0 Å². The number of hydrogen-bond acceptors (Lipinski definition) is 7. The molecule has 0 aliphatic rings. The quantitative estimate of drug-likeness (QED) is 0.314. The summed E-state index contributed by atoms with van der Waals surface area (Å²) in [6.07, 6.45) is -0.479. The van der Waals surface area contributed by atoms with Gasteiger partial charge in [0.2, 0.25) is 11.8 Å². The molecule has 2 aromatic carbocycles. The van der Waals surface area contributed by atoms with E-state index >= 15 is 0 Å². The van der Waals surface area contributed by atoms with Crippen molar-refractivity contribution in [3.05, 3.63) is 58.6 Å². The maximum absolute atomic E-state index is 11.9. The first-order valence-electron chi connectivity index (χ1n) is 9.10. The fourth-order valence-electron chi connectivity index (χ4n) is 2.39. The molecule has 0 atom stereocenters. The van der Waals surface area contributed by atoms with Crippen LogP contribution in [0.4, 0.5) is 22.7 Å². The molecule has 0 bridgehead atoms. The number of nitrogens with zero attached hydrogens (tertiary/aromatic N) is 1. The average Bonchev–Trinajstić information content (AvgIpc) is 2.72. The first-order valence-corrected chi connectivity index (χ1v) is 9.10. The highest BCUT2D eigenvalue weighted by atomic mass is 16.6. The molecule has 0 fully saturated rings. The second-order valence-corrected chi connectivity index (χ2v) is 6.32. The molecule has 2 aromatic rings. The van der Waals surface area contributed by atoms with Crippen molar-refractivity contribution in [3.8, 4) is 0 Å². The number of benzene rings is 2. The van der Waals surface area contributed by atoms with Crippen molar-refractivity contribution >= 4 is 46.4 Å². The van der Waals surface area contributed by atoms with Gasteiger partial charge in [0.15, 0.2) is 6.61 Å². The molecule has 0 saturated heterocycles. The second-order valence-electron chi connectivity index (χ2n) is 6.32. The van der Waals surface area contributed by atoms with Crippen molar-refractivity contribution in [2.45, 2.75) is 19.8 Å². The molecule has 2 rings (SSSR count). The lowest BCUT2D eigenvalue weighted by molar-refractivity contribution is -0.384. The zero-order valence-electron chi connectivity index (χ0n) is 16.5. The van der Waals surface area contributed by atoms with Crippen molar-refractivity contribution < 1.29 is 28.8 Å². The van der Waals surface area contributed by atoms with Gasteiger partial charge in [0.05, 0.1) is 11.3 Å². The predicted octanol–water partition coefficient (Wildman–Crippen LogP) is 2.45. The summed E-state index contributed by atoms with van der Waals surface area (Å²) >= 11 is 0. The number of amides is 3. The lowest BCUT2D eigenvalue weighted by Gasteiger charge is -2.08. The van der Waals surface area contributed by atoms with E-state index in [1.807, 2.05) is 0 Å². The molecule has 0 saturated carbocycles. The number of hydrogen-bond donors (Lipinski definition) is 3. The third-order valence-corrected chi connectivity index (χ3v) is 3.75. The molecular weight excluding hydrogens is 408 g/mol. The first kappa shape index (κ1) is 23.0. The van der Waals surface area contributed by atoms with E-state index in [2.05, 4.69) is 16.0 Å². The molecule has 0 spiro atoms. The number of esters is 1. The molecule has 11 nitrogen and oxygen atoms in total. The molecule has 0 aromatic heterocycles. The average molecular weight is 428 g/mol. The molecule has 31 heavy (non-hydrogen) atoms. The standard InChI is InChI=1S/C20H20N4O7/c1-13(25)21-14-5-7-15(8-6-14)22-19(27)12-31-20(28)10-9-18(26)23-16-3-2-4-17(11-16)24(29)30/h2-8,11H,9-10,12H2,1H3,(H,21,25)(H,22,27)(H,23,26). The van der Waals surface area contributed by atoms with Crippen molar-refractivity contribution in [2.24, 2.45) is 0 Å². The molecule has 11 heteroatoms. The van der Waals surface area contributed by atoms with Crippen LogP contribution in [0.1, 0.15) is 19.8 Å². The third kappa shape index (κ3) is 8.31. The van der Waals surface area contributed by atoms with E-state index < -0.39 is 29.3 Å².